The lowest BCUT2D eigenvalue weighted by molar-refractivity contribution is -0.142. The zero-order valence-electron chi connectivity index (χ0n) is 81.8. The summed E-state index contributed by atoms with van der Waals surface area (Å²) in [5.41, 5.74) is 17.3. The van der Waals surface area contributed by atoms with E-state index in [0.717, 1.165) is 33.4 Å². The van der Waals surface area contributed by atoms with E-state index >= 15 is 0 Å². The fourth-order valence-electron chi connectivity index (χ4n) is 14.6. The Labute approximate surface area is 850 Å². The zero-order valence-corrected chi connectivity index (χ0v) is 81.8. The van der Waals surface area contributed by atoms with Crippen molar-refractivity contribution in [2.24, 2.45) is 11.5 Å². The molecule has 0 unspecified atom stereocenters. The summed E-state index contributed by atoms with van der Waals surface area (Å²) in [5.74, 6) is 0.579. The number of para-hydroxylation sites is 1. The number of primary amides is 2. The Morgan fingerprint density at radius 1 is 0.329 bits per heavy atom. The molecule has 6 amide bonds. The highest BCUT2D eigenvalue weighted by molar-refractivity contribution is 6.03. The van der Waals surface area contributed by atoms with Gasteiger partial charge in [-0.3, -0.25) is 38.4 Å². The number of benzene rings is 7. The number of hydrogen-bond donors (Lipinski definition) is 7. The van der Waals surface area contributed by atoms with Crippen LogP contribution in [0, 0.1) is 76.4 Å². The van der Waals surface area contributed by atoms with Gasteiger partial charge in [0.15, 0.2) is 0 Å². The first kappa shape index (κ1) is 107. The third kappa shape index (κ3) is 29.9. The summed E-state index contributed by atoms with van der Waals surface area (Å²) in [6, 6.07) is 36.0. The standard InChI is InChI=1S/C21H19FN4O2.C19H21FN4O4.C17H17FN4O4.C16H17FN4O2.2C15H15FN4O2/c1-14-7-8-15(22)9-19(14)28-17-12-26(13-17)20-11-23-18(10-24-20)21(27)25-16-5-3-2-4-6-16;1-3-27-18(25)9-23-19(26)15-7-22-17(8-21-15)24-10-14(11-24)28-16-6-13(20)5-4-12(16)2;1-10-2-3-11(18)4-14(10)26-12-8-22(9-12)15-6-19-13(5-20-15)17(25)21-7-16(23)24;1-10-3-4-11(17)5-14(10)23-12-8-21(9-12)15-7-19-13(6-20-15)16(22)18-2;1-9-2-3-11(16)4-13(9)22-12-7-20(8-12)15-18-5-10(6-19-15)14(17)21;1-9-2-3-10(16)4-13(9)22-11-7-20(8-11)14-6-18-12(5-19-14)15(17)21/h2-11,17H,12-13H2,1H3,(H,25,27);4-8,14H,3,9-11H2,1-2H3,(H,23,26);2-6,12H,7-9H2,1H3,(H,21,25)(H,23,24);3-7,12H,8-9H2,1-2H3,(H,18,22);2-6,12H,7-8H2,1H3,(H2,17,21);2-6,11H,7-8H2,1H3,(H2,17,21). The average Bonchev–Trinajstić information content (AvgIpc) is 0.828. The molecule has 0 bridgehead atoms. The quantitative estimate of drug-likeness (QED) is 0.0162. The molecule has 46 heteroatoms. The molecular weight excluding hydrogens is 1940 g/mol. The SMILES string of the molecule is CCOC(=O)CNC(=O)c1cnc(N2CC(Oc3cc(F)ccc3C)C2)cn1.CNC(=O)c1cnc(N2CC(Oc3cc(F)ccc3C)C2)cn1.Cc1ccc(F)cc1OC1CN(c2cnc(C(=O)NCC(=O)O)cn2)C1.Cc1ccc(F)cc1OC1CN(c2cnc(C(=O)Nc3ccccc3)cn2)C1.Cc1ccc(F)cc1OC1CN(c2cnc(C(N)=O)cn2)C1.Cc1ccc(F)cc1OC1CN(c2ncc(C(N)=O)cn2)C1. The summed E-state index contributed by atoms with van der Waals surface area (Å²) in [6.07, 6.45) is 17.0. The van der Waals surface area contributed by atoms with E-state index in [0.29, 0.717) is 154 Å². The summed E-state index contributed by atoms with van der Waals surface area (Å²) in [5, 5.41) is 18.4. The number of aliphatic carboxylic acids is 1. The van der Waals surface area contributed by atoms with Gasteiger partial charge in [0.2, 0.25) is 5.95 Å². The number of aryl methyl sites for hydroxylation is 6. The largest absolute Gasteiger partial charge is 0.486 e. The van der Waals surface area contributed by atoms with Crippen LogP contribution >= 0.6 is 0 Å². The lowest BCUT2D eigenvalue weighted by Gasteiger charge is -2.39. The highest BCUT2D eigenvalue weighted by atomic mass is 19.1. The van der Waals surface area contributed by atoms with Crippen LogP contribution in [0.4, 0.5) is 67.1 Å². The molecule has 6 fully saturated rings. The molecule has 6 aliphatic rings. The van der Waals surface area contributed by atoms with E-state index in [1.807, 2.05) is 89.1 Å². The second-order valence-electron chi connectivity index (χ2n) is 34.6. The molecule has 149 heavy (non-hydrogen) atoms. The van der Waals surface area contributed by atoms with Crippen molar-refractivity contribution in [2.75, 3.05) is 140 Å². The van der Waals surface area contributed by atoms with Gasteiger partial charge in [-0.05, 0) is 130 Å². The van der Waals surface area contributed by atoms with Crippen molar-refractivity contribution in [1.82, 2.24) is 75.8 Å². The average molecular weight is 2050 g/mol. The van der Waals surface area contributed by atoms with Crippen molar-refractivity contribution in [2.45, 2.75) is 85.1 Å². The van der Waals surface area contributed by atoms with Crippen molar-refractivity contribution >= 4 is 88.1 Å². The van der Waals surface area contributed by atoms with Gasteiger partial charge in [0.05, 0.1) is 153 Å². The fourth-order valence-corrected chi connectivity index (χ4v) is 14.6. The Kier molecular flexibility index (Phi) is 35.8. The molecule has 6 aliphatic heterocycles. The molecule has 0 radical (unpaired) electrons. The second-order valence-corrected chi connectivity index (χ2v) is 34.6. The topological polar surface area (TPSA) is 496 Å². The fraction of sp³-hybridized carbons (Fsp3) is 0.282. The Balaban J connectivity index is 0.000000141. The lowest BCUT2D eigenvalue weighted by atomic mass is 10.1. The minimum Gasteiger partial charge on any atom is -0.486 e. The van der Waals surface area contributed by atoms with Crippen molar-refractivity contribution in [1.29, 1.82) is 0 Å². The van der Waals surface area contributed by atoms with Gasteiger partial charge in [-0.1, -0.05) is 54.6 Å². The number of carbonyl (C=O) groups is 8. The zero-order chi connectivity index (χ0) is 106. The molecule has 6 aromatic heterocycles. The molecule has 6 saturated heterocycles. The van der Waals surface area contributed by atoms with Gasteiger partial charge >= 0.3 is 11.9 Å². The van der Waals surface area contributed by atoms with Crippen LogP contribution in [0.25, 0.3) is 0 Å². The minimum atomic E-state index is -1.14. The van der Waals surface area contributed by atoms with Gasteiger partial charge in [0, 0.05) is 61.5 Å². The molecule has 0 aliphatic carbocycles. The summed E-state index contributed by atoms with van der Waals surface area (Å²) >= 11 is 0. The third-order valence-corrected chi connectivity index (χ3v) is 23.3. The van der Waals surface area contributed by atoms with Crippen LogP contribution in [0.5, 0.6) is 34.5 Å². The number of rotatable bonds is 30. The minimum absolute atomic E-state index is 0.0177. The normalized spacial score (nSPS) is 14.1. The molecule has 12 heterocycles. The van der Waals surface area contributed by atoms with E-state index in [-0.39, 0.29) is 131 Å². The molecule has 0 spiro atoms. The molecule has 40 nitrogen and oxygen atoms in total. The van der Waals surface area contributed by atoms with Crippen LogP contribution < -0.4 is 90.6 Å². The van der Waals surface area contributed by atoms with E-state index < -0.39 is 42.1 Å². The summed E-state index contributed by atoms with van der Waals surface area (Å²) in [7, 11) is 1.55. The van der Waals surface area contributed by atoms with Crippen molar-refractivity contribution < 1.29 is 103 Å². The van der Waals surface area contributed by atoms with Crippen LogP contribution in [-0.2, 0) is 14.3 Å². The summed E-state index contributed by atoms with van der Waals surface area (Å²) < 4.78 is 119. The number of nitrogens with zero attached hydrogens (tertiary/aromatic N) is 18. The molecule has 774 valence electrons. The summed E-state index contributed by atoms with van der Waals surface area (Å²) in [6.45, 7) is 19.8. The van der Waals surface area contributed by atoms with E-state index in [2.05, 4.69) is 81.1 Å². The number of carbonyl (C=O) groups excluding carboxylic acids is 7. The number of carboxylic acids is 1. The smallest absolute Gasteiger partial charge is 0.325 e. The van der Waals surface area contributed by atoms with Crippen LogP contribution in [0.2, 0.25) is 0 Å². The first-order chi connectivity index (χ1) is 71.6. The number of amides is 6. The molecule has 7 aromatic carbocycles. The molecule has 9 N–H and O–H groups in total. The predicted molar refractivity (Wildman–Crippen MR) is 533 cm³/mol. The number of ether oxygens (including phenoxy) is 7. The maximum atomic E-state index is 13.4. The first-order valence-corrected chi connectivity index (χ1v) is 46.7. The summed E-state index contributed by atoms with van der Waals surface area (Å²) in [4.78, 5) is 152. The Hall–Kier alpha value is -18.0. The Morgan fingerprint density at radius 3 is 0.852 bits per heavy atom. The maximum absolute atomic E-state index is 13.4. The number of aromatic nitrogens is 12. The Bertz CT molecular complexity index is 6740. The van der Waals surface area contributed by atoms with E-state index in [9.17, 15) is 64.7 Å². The maximum Gasteiger partial charge on any atom is 0.325 e. The van der Waals surface area contributed by atoms with Crippen LogP contribution in [0.1, 0.15) is 103 Å². The number of hydrogen-bond acceptors (Lipinski definition) is 33. The number of nitrogens with one attached hydrogen (secondary N) is 4. The van der Waals surface area contributed by atoms with Gasteiger partial charge in [0.25, 0.3) is 35.4 Å². The first-order valence-electron chi connectivity index (χ1n) is 46.7. The highest BCUT2D eigenvalue weighted by Crippen LogP contribution is 2.34. The van der Waals surface area contributed by atoms with Gasteiger partial charge in [-0.25, -0.2) is 86.2 Å². The Morgan fingerprint density at radius 2 is 0.597 bits per heavy atom. The highest BCUT2D eigenvalue weighted by Gasteiger charge is 2.37. The van der Waals surface area contributed by atoms with Crippen molar-refractivity contribution in [3.05, 3.63) is 316 Å². The number of nitrogens with two attached hydrogens (primary N) is 2. The van der Waals surface area contributed by atoms with E-state index in [4.69, 9.17) is 49.7 Å². The van der Waals surface area contributed by atoms with Gasteiger partial charge in [-0.2, -0.15) is 0 Å². The van der Waals surface area contributed by atoms with Crippen LogP contribution in [0.15, 0.2) is 214 Å². The molecule has 0 saturated carbocycles. The van der Waals surface area contributed by atoms with Crippen molar-refractivity contribution in [3.8, 4) is 34.5 Å². The van der Waals surface area contributed by atoms with E-state index in [1.54, 1.807) is 74.9 Å². The van der Waals surface area contributed by atoms with Gasteiger partial charge < -0.3 is 100 Å². The van der Waals surface area contributed by atoms with Crippen LogP contribution in [-0.4, -0.2) is 254 Å². The molecular formula is C103H104F6N24O16. The second kappa shape index (κ2) is 50.0. The van der Waals surface area contributed by atoms with Gasteiger partial charge in [0.1, 0.15) is 177 Å². The number of anilines is 7. The predicted octanol–water partition coefficient (Wildman–Crippen LogP) is 10.1. The van der Waals surface area contributed by atoms with Crippen LogP contribution in [0.3, 0.4) is 0 Å². The van der Waals surface area contributed by atoms with E-state index in [1.165, 1.54) is 135 Å². The molecule has 0 atom stereocenters. The number of carboxylic acid groups (broad SMARTS) is 1. The van der Waals surface area contributed by atoms with Gasteiger partial charge in [-0.15, -0.1) is 0 Å². The van der Waals surface area contributed by atoms with Crippen molar-refractivity contribution in [3.63, 3.8) is 0 Å². The molecule has 19 rings (SSSR count). The third-order valence-electron chi connectivity index (χ3n) is 23.3. The number of halogens is 6. The monoisotopic (exact) mass is 2050 g/mol. The lowest BCUT2D eigenvalue weighted by Crippen LogP contribution is -2.54. The molecule has 13 aromatic rings. The number of esters is 1.